The normalized spacial score (nSPS) is 10.6. The first-order chi connectivity index (χ1) is 7.79. The van der Waals surface area contributed by atoms with Gasteiger partial charge in [0.1, 0.15) is 0 Å². The number of rotatable bonds is 4. The van der Waals surface area contributed by atoms with E-state index in [9.17, 15) is 0 Å². The monoisotopic (exact) mass is 236 g/mol. The minimum absolute atomic E-state index is 0.672. The quantitative estimate of drug-likeness (QED) is 0.879. The van der Waals surface area contributed by atoms with Crippen LogP contribution in [0.2, 0.25) is 5.02 Å². The molecule has 0 atom stereocenters. The zero-order valence-corrected chi connectivity index (χ0v) is 9.78. The zero-order valence-electron chi connectivity index (χ0n) is 9.02. The first-order valence-electron chi connectivity index (χ1n) is 5.04. The predicted molar refractivity (Wildman–Crippen MR) is 63.3 cm³/mol. The van der Waals surface area contributed by atoms with Gasteiger partial charge in [0, 0.05) is 30.7 Å². The maximum atomic E-state index is 6.03. The summed E-state index contributed by atoms with van der Waals surface area (Å²) in [4.78, 5) is 3.95. The molecule has 0 bridgehead atoms. The van der Waals surface area contributed by atoms with E-state index < -0.39 is 0 Å². The van der Waals surface area contributed by atoms with Crippen molar-refractivity contribution in [2.75, 3.05) is 7.05 Å². The fourth-order valence-electron chi connectivity index (χ4n) is 1.50. The van der Waals surface area contributed by atoms with Crippen molar-refractivity contribution in [2.45, 2.75) is 13.1 Å². The molecule has 16 heavy (non-hydrogen) atoms. The van der Waals surface area contributed by atoms with Gasteiger partial charge in [-0.25, -0.2) is 0 Å². The lowest BCUT2D eigenvalue weighted by Gasteiger charge is -2.03. The van der Waals surface area contributed by atoms with E-state index in [2.05, 4.69) is 15.4 Å². The van der Waals surface area contributed by atoms with Gasteiger partial charge in [0.25, 0.3) is 0 Å². The first-order valence-corrected chi connectivity index (χ1v) is 5.41. The average Bonchev–Trinajstić information content (AvgIpc) is 2.70. The Balaban J connectivity index is 2.11. The van der Waals surface area contributed by atoms with E-state index in [1.54, 1.807) is 12.4 Å². The molecule has 1 N–H and O–H groups in total. The van der Waals surface area contributed by atoms with Crippen molar-refractivity contribution >= 4 is 11.6 Å². The topological polar surface area (TPSA) is 42.7 Å². The smallest absolute Gasteiger partial charge is 0.0675 e. The SMILES string of the molecule is CNCc1cnn(Cc2ccncc2Cl)c1. The highest BCUT2D eigenvalue weighted by Gasteiger charge is 2.02. The Bertz CT molecular complexity index is 467. The van der Waals surface area contributed by atoms with Gasteiger partial charge in [-0.15, -0.1) is 0 Å². The van der Waals surface area contributed by atoms with Crippen LogP contribution in [0.1, 0.15) is 11.1 Å². The Morgan fingerprint density at radius 3 is 3.06 bits per heavy atom. The number of nitrogens with one attached hydrogen (secondary N) is 1. The number of halogens is 1. The molecular weight excluding hydrogens is 224 g/mol. The summed E-state index contributed by atoms with van der Waals surface area (Å²) < 4.78 is 1.87. The van der Waals surface area contributed by atoms with Gasteiger partial charge >= 0.3 is 0 Å². The molecule has 0 amide bonds. The summed E-state index contributed by atoms with van der Waals surface area (Å²) in [6.45, 7) is 1.50. The second-order valence-corrected chi connectivity index (χ2v) is 3.95. The Morgan fingerprint density at radius 1 is 1.44 bits per heavy atom. The van der Waals surface area contributed by atoms with Crippen LogP contribution in [0.5, 0.6) is 0 Å². The Morgan fingerprint density at radius 2 is 2.31 bits per heavy atom. The molecule has 0 spiro atoms. The molecule has 2 heterocycles. The van der Waals surface area contributed by atoms with E-state index in [0.717, 1.165) is 17.7 Å². The summed E-state index contributed by atoms with van der Waals surface area (Å²) in [7, 11) is 1.91. The van der Waals surface area contributed by atoms with Gasteiger partial charge in [0.15, 0.2) is 0 Å². The van der Waals surface area contributed by atoms with Crippen molar-refractivity contribution in [3.8, 4) is 0 Å². The predicted octanol–water partition coefficient (Wildman–Crippen LogP) is 1.70. The average molecular weight is 237 g/mol. The van der Waals surface area contributed by atoms with Gasteiger partial charge < -0.3 is 5.32 Å². The number of hydrogen-bond acceptors (Lipinski definition) is 3. The highest BCUT2D eigenvalue weighted by atomic mass is 35.5. The van der Waals surface area contributed by atoms with Crippen LogP contribution in [-0.2, 0) is 13.1 Å². The summed E-state index contributed by atoms with van der Waals surface area (Å²) in [6, 6.07) is 1.90. The summed E-state index contributed by atoms with van der Waals surface area (Å²) in [5, 5.41) is 8.03. The van der Waals surface area contributed by atoms with E-state index >= 15 is 0 Å². The maximum absolute atomic E-state index is 6.03. The molecule has 2 rings (SSSR count). The Kier molecular flexibility index (Phi) is 3.54. The second kappa shape index (κ2) is 5.09. The molecule has 0 fully saturated rings. The lowest BCUT2D eigenvalue weighted by Crippen LogP contribution is -2.04. The largest absolute Gasteiger partial charge is 0.316 e. The molecule has 5 heteroatoms. The maximum Gasteiger partial charge on any atom is 0.0675 e. The lowest BCUT2D eigenvalue weighted by molar-refractivity contribution is 0.684. The van der Waals surface area contributed by atoms with Crippen LogP contribution < -0.4 is 5.32 Å². The molecule has 0 aliphatic rings. The van der Waals surface area contributed by atoms with E-state index in [1.807, 2.05) is 30.2 Å². The van der Waals surface area contributed by atoms with E-state index in [-0.39, 0.29) is 0 Å². The molecule has 0 unspecified atom stereocenters. The molecule has 0 saturated heterocycles. The molecular formula is C11H13ClN4. The highest BCUT2D eigenvalue weighted by Crippen LogP contribution is 2.14. The minimum Gasteiger partial charge on any atom is -0.316 e. The van der Waals surface area contributed by atoms with Gasteiger partial charge in [-0.3, -0.25) is 9.67 Å². The summed E-state index contributed by atoms with van der Waals surface area (Å²) in [5.41, 5.74) is 2.18. The standard InChI is InChI=1S/C11H13ClN4/c1-13-4-9-5-15-16(7-9)8-10-2-3-14-6-11(10)12/h2-3,5-7,13H,4,8H2,1H3. The fourth-order valence-corrected chi connectivity index (χ4v) is 1.67. The van der Waals surface area contributed by atoms with Gasteiger partial charge in [-0.05, 0) is 18.7 Å². The third-order valence-electron chi connectivity index (χ3n) is 2.26. The Labute approximate surface area is 99.3 Å². The van der Waals surface area contributed by atoms with Crippen LogP contribution in [0.25, 0.3) is 0 Å². The fraction of sp³-hybridized carbons (Fsp3) is 0.273. The number of hydrogen-bond donors (Lipinski definition) is 1. The Hall–Kier alpha value is -1.39. The zero-order chi connectivity index (χ0) is 11.4. The lowest BCUT2D eigenvalue weighted by atomic mass is 10.3. The molecule has 0 aromatic carbocycles. The van der Waals surface area contributed by atoms with Crippen LogP contribution in [0.4, 0.5) is 0 Å². The van der Waals surface area contributed by atoms with Gasteiger partial charge in [-0.1, -0.05) is 11.6 Å². The van der Waals surface area contributed by atoms with Crippen LogP contribution in [-0.4, -0.2) is 21.8 Å². The van der Waals surface area contributed by atoms with Gasteiger partial charge in [0.2, 0.25) is 0 Å². The number of nitrogens with zero attached hydrogens (tertiary/aromatic N) is 3. The molecule has 0 aliphatic heterocycles. The molecule has 84 valence electrons. The summed E-state index contributed by atoms with van der Waals surface area (Å²) in [5.74, 6) is 0. The first kappa shape index (κ1) is 11.1. The summed E-state index contributed by atoms with van der Waals surface area (Å²) in [6.07, 6.45) is 7.24. The van der Waals surface area contributed by atoms with Gasteiger partial charge in [-0.2, -0.15) is 5.10 Å². The third kappa shape index (κ3) is 2.59. The van der Waals surface area contributed by atoms with E-state index in [4.69, 9.17) is 11.6 Å². The van der Waals surface area contributed by atoms with Crippen LogP contribution in [0.3, 0.4) is 0 Å². The third-order valence-corrected chi connectivity index (χ3v) is 2.60. The van der Waals surface area contributed by atoms with Gasteiger partial charge in [0.05, 0.1) is 17.8 Å². The van der Waals surface area contributed by atoms with Crippen molar-refractivity contribution in [2.24, 2.45) is 0 Å². The number of pyridine rings is 1. The summed E-state index contributed by atoms with van der Waals surface area (Å²) >= 11 is 6.03. The molecule has 0 aliphatic carbocycles. The number of aromatic nitrogens is 3. The molecule has 4 nitrogen and oxygen atoms in total. The van der Waals surface area contributed by atoms with Crippen LogP contribution in [0, 0.1) is 0 Å². The highest BCUT2D eigenvalue weighted by molar-refractivity contribution is 6.31. The van der Waals surface area contributed by atoms with Crippen molar-refractivity contribution in [1.29, 1.82) is 0 Å². The van der Waals surface area contributed by atoms with E-state index in [1.165, 1.54) is 0 Å². The molecule has 0 saturated carbocycles. The van der Waals surface area contributed by atoms with E-state index in [0.29, 0.717) is 11.6 Å². The van der Waals surface area contributed by atoms with Crippen molar-refractivity contribution in [1.82, 2.24) is 20.1 Å². The molecule has 2 aromatic rings. The minimum atomic E-state index is 0.672. The molecule has 0 radical (unpaired) electrons. The van der Waals surface area contributed by atoms with Crippen molar-refractivity contribution < 1.29 is 0 Å². The second-order valence-electron chi connectivity index (χ2n) is 3.54. The van der Waals surface area contributed by atoms with Crippen molar-refractivity contribution in [3.63, 3.8) is 0 Å². The van der Waals surface area contributed by atoms with Crippen LogP contribution in [0.15, 0.2) is 30.9 Å². The van der Waals surface area contributed by atoms with Crippen LogP contribution >= 0.6 is 11.6 Å². The van der Waals surface area contributed by atoms with Crippen molar-refractivity contribution in [3.05, 3.63) is 47.0 Å². The molecule has 2 aromatic heterocycles.